The topological polar surface area (TPSA) is 33.4 Å². The van der Waals surface area contributed by atoms with Crippen LogP contribution >= 0.6 is 22.9 Å². The lowest BCUT2D eigenvalue weighted by Gasteiger charge is -2.34. The third kappa shape index (κ3) is 2.77. The summed E-state index contributed by atoms with van der Waals surface area (Å²) in [5.74, 6) is 1.92. The van der Waals surface area contributed by atoms with Crippen LogP contribution in [0.5, 0.6) is 0 Å². The number of amidine groups is 1. The van der Waals surface area contributed by atoms with E-state index in [2.05, 4.69) is 60.5 Å². The lowest BCUT2D eigenvalue weighted by molar-refractivity contribution is 0.420. The highest BCUT2D eigenvalue weighted by atomic mass is 35.5. The van der Waals surface area contributed by atoms with Gasteiger partial charge in [-0.05, 0) is 43.0 Å². The Morgan fingerprint density at radius 3 is 2.56 bits per heavy atom. The average molecular weight is 371 g/mol. The molecule has 0 saturated heterocycles. The van der Waals surface area contributed by atoms with Gasteiger partial charge in [-0.3, -0.25) is 0 Å². The lowest BCUT2D eigenvalue weighted by Crippen LogP contribution is -2.34. The number of benzene rings is 1. The van der Waals surface area contributed by atoms with Crippen molar-refractivity contribution < 1.29 is 0 Å². The van der Waals surface area contributed by atoms with Crippen LogP contribution in [0.25, 0.3) is 0 Å². The van der Waals surface area contributed by atoms with Gasteiger partial charge in [-0.25, -0.2) is 9.67 Å². The van der Waals surface area contributed by atoms with Crippen molar-refractivity contribution in [1.29, 1.82) is 0 Å². The fourth-order valence-electron chi connectivity index (χ4n) is 3.25. The largest absolute Gasteiger partial charge is 0.347 e. The number of halogens is 1. The standard InChI is InChI=1S/C19H19ClN4S/c1-12(2)24-18-15(11-21-24)17(13-6-8-14(20)9-7-13)23(3)19(22-18)16-5-4-10-25-16/h4-12,17H,1-3H3/t17-/m0/s1. The van der Waals surface area contributed by atoms with Gasteiger partial charge in [0.15, 0.2) is 5.82 Å². The molecule has 0 unspecified atom stereocenters. The van der Waals surface area contributed by atoms with Crippen LogP contribution < -0.4 is 0 Å². The zero-order valence-electron chi connectivity index (χ0n) is 14.3. The van der Waals surface area contributed by atoms with Gasteiger partial charge in [-0.2, -0.15) is 5.10 Å². The van der Waals surface area contributed by atoms with E-state index in [1.54, 1.807) is 11.3 Å². The second-order valence-corrected chi connectivity index (χ2v) is 7.82. The first-order valence-corrected chi connectivity index (χ1v) is 9.50. The molecule has 128 valence electrons. The zero-order valence-corrected chi connectivity index (χ0v) is 15.9. The van der Waals surface area contributed by atoms with Gasteiger partial charge in [0.1, 0.15) is 5.84 Å². The summed E-state index contributed by atoms with van der Waals surface area (Å²) in [4.78, 5) is 8.35. The molecule has 4 rings (SSSR count). The number of aliphatic imine (C=N–C) groups is 1. The van der Waals surface area contributed by atoms with Crippen molar-refractivity contribution in [3.63, 3.8) is 0 Å². The predicted molar refractivity (Wildman–Crippen MR) is 104 cm³/mol. The van der Waals surface area contributed by atoms with Crippen molar-refractivity contribution in [2.24, 2.45) is 4.99 Å². The minimum atomic E-state index is 0.0642. The average Bonchev–Trinajstić information content (AvgIpc) is 3.24. The summed E-state index contributed by atoms with van der Waals surface area (Å²) in [6.07, 6.45) is 1.94. The number of aromatic nitrogens is 2. The van der Waals surface area contributed by atoms with E-state index in [1.165, 1.54) is 5.56 Å². The molecule has 0 aliphatic carbocycles. The molecule has 0 spiro atoms. The zero-order chi connectivity index (χ0) is 17.6. The Balaban J connectivity index is 1.91. The van der Waals surface area contributed by atoms with Crippen LogP contribution in [0.4, 0.5) is 5.82 Å². The van der Waals surface area contributed by atoms with Crippen molar-refractivity contribution >= 4 is 34.6 Å². The predicted octanol–water partition coefficient (Wildman–Crippen LogP) is 5.29. The fraction of sp³-hybridized carbons (Fsp3) is 0.263. The van der Waals surface area contributed by atoms with Gasteiger partial charge < -0.3 is 4.90 Å². The fourth-order valence-corrected chi connectivity index (χ4v) is 4.13. The Hall–Kier alpha value is -2.11. The first-order valence-electron chi connectivity index (χ1n) is 8.24. The maximum atomic E-state index is 6.09. The van der Waals surface area contributed by atoms with Crippen LogP contribution in [-0.2, 0) is 0 Å². The molecule has 0 bridgehead atoms. The summed E-state index contributed by atoms with van der Waals surface area (Å²) in [5, 5.41) is 7.43. The van der Waals surface area contributed by atoms with Crippen LogP contribution in [0.3, 0.4) is 0 Å². The maximum absolute atomic E-state index is 6.09. The highest BCUT2D eigenvalue weighted by Crippen LogP contribution is 2.41. The molecule has 1 aromatic carbocycles. The number of hydrogen-bond donors (Lipinski definition) is 0. The molecule has 1 aliphatic rings. The Bertz CT molecular complexity index is 910. The molecule has 0 fully saturated rings. The summed E-state index contributed by atoms with van der Waals surface area (Å²) in [6, 6.07) is 12.5. The van der Waals surface area contributed by atoms with Gasteiger partial charge in [0.25, 0.3) is 0 Å². The molecule has 0 radical (unpaired) electrons. The number of thiophene rings is 1. The normalized spacial score (nSPS) is 16.9. The Morgan fingerprint density at radius 1 is 1.16 bits per heavy atom. The molecule has 1 atom stereocenters. The van der Waals surface area contributed by atoms with Crippen molar-refractivity contribution in [2.45, 2.75) is 25.9 Å². The first-order chi connectivity index (χ1) is 12.1. The molecule has 2 aromatic heterocycles. The molecule has 3 aromatic rings. The first kappa shape index (κ1) is 16.4. The Morgan fingerprint density at radius 2 is 1.92 bits per heavy atom. The van der Waals surface area contributed by atoms with Gasteiger partial charge in [0.05, 0.1) is 17.1 Å². The third-order valence-corrected chi connectivity index (χ3v) is 5.56. The van der Waals surface area contributed by atoms with E-state index in [9.17, 15) is 0 Å². The number of rotatable bonds is 3. The van der Waals surface area contributed by atoms with E-state index < -0.39 is 0 Å². The van der Waals surface area contributed by atoms with Crippen molar-refractivity contribution in [1.82, 2.24) is 14.7 Å². The molecular formula is C19H19ClN4S. The number of fused-ring (bicyclic) bond motifs is 1. The summed E-state index contributed by atoms with van der Waals surface area (Å²) in [7, 11) is 2.09. The van der Waals surface area contributed by atoms with Crippen LogP contribution in [0.15, 0.2) is 53.0 Å². The second kappa shape index (κ2) is 6.32. The van der Waals surface area contributed by atoms with Crippen LogP contribution in [0.2, 0.25) is 5.02 Å². The van der Waals surface area contributed by atoms with Gasteiger partial charge in [0, 0.05) is 23.7 Å². The summed E-state index contributed by atoms with van der Waals surface area (Å²) in [6.45, 7) is 4.26. The molecule has 3 heterocycles. The molecule has 0 N–H and O–H groups in total. The number of nitrogens with zero attached hydrogens (tertiary/aromatic N) is 4. The van der Waals surface area contributed by atoms with Crippen LogP contribution in [0.1, 0.15) is 41.9 Å². The summed E-state index contributed by atoms with van der Waals surface area (Å²) >= 11 is 7.79. The number of hydrogen-bond acceptors (Lipinski definition) is 4. The lowest BCUT2D eigenvalue weighted by atomic mass is 9.97. The summed E-state index contributed by atoms with van der Waals surface area (Å²) in [5.41, 5.74) is 2.30. The highest BCUT2D eigenvalue weighted by molar-refractivity contribution is 7.12. The quantitative estimate of drug-likeness (QED) is 0.627. The highest BCUT2D eigenvalue weighted by Gasteiger charge is 2.33. The SMILES string of the molecule is CC(C)n1ncc2c1N=C(c1cccs1)N(C)[C@H]2c1ccc(Cl)cc1. The van der Waals surface area contributed by atoms with E-state index >= 15 is 0 Å². The van der Waals surface area contributed by atoms with Crippen molar-refractivity contribution in [3.05, 3.63) is 69.0 Å². The van der Waals surface area contributed by atoms with Crippen LogP contribution in [-0.4, -0.2) is 27.6 Å². The molecule has 25 heavy (non-hydrogen) atoms. The van der Waals surface area contributed by atoms with Gasteiger partial charge in [0.2, 0.25) is 0 Å². The Labute approximate surface area is 156 Å². The van der Waals surface area contributed by atoms with E-state index in [4.69, 9.17) is 16.6 Å². The molecule has 6 heteroatoms. The van der Waals surface area contributed by atoms with E-state index in [-0.39, 0.29) is 12.1 Å². The molecule has 0 saturated carbocycles. The minimum absolute atomic E-state index is 0.0642. The maximum Gasteiger partial charge on any atom is 0.158 e. The molecular weight excluding hydrogens is 352 g/mol. The molecule has 0 amide bonds. The van der Waals surface area contributed by atoms with Gasteiger partial charge >= 0.3 is 0 Å². The Kier molecular flexibility index (Phi) is 4.13. The van der Waals surface area contributed by atoms with Gasteiger partial charge in [-0.1, -0.05) is 29.8 Å². The monoisotopic (exact) mass is 370 g/mol. The van der Waals surface area contributed by atoms with Crippen molar-refractivity contribution in [3.8, 4) is 0 Å². The molecule has 1 aliphatic heterocycles. The van der Waals surface area contributed by atoms with Crippen LogP contribution in [0, 0.1) is 0 Å². The minimum Gasteiger partial charge on any atom is -0.347 e. The van der Waals surface area contributed by atoms with E-state index in [1.807, 2.05) is 23.0 Å². The smallest absolute Gasteiger partial charge is 0.158 e. The van der Waals surface area contributed by atoms with E-state index in [0.29, 0.717) is 0 Å². The molecule has 4 nitrogen and oxygen atoms in total. The van der Waals surface area contributed by atoms with E-state index in [0.717, 1.165) is 27.1 Å². The second-order valence-electron chi connectivity index (χ2n) is 6.44. The third-order valence-electron chi connectivity index (χ3n) is 4.44. The summed E-state index contributed by atoms with van der Waals surface area (Å²) < 4.78 is 2.00. The van der Waals surface area contributed by atoms with Gasteiger partial charge in [-0.15, -0.1) is 11.3 Å². The van der Waals surface area contributed by atoms with Crippen molar-refractivity contribution in [2.75, 3.05) is 7.05 Å².